The summed E-state index contributed by atoms with van der Waals surface area (Å²) in [5.74, 6) is -0.203. The molecule has 0 aromatic rings. The van der Waals surface area contributed by atoms with Crippen molar-refractivity contribution in [3.05, 3.63) is 0 Å². The van der Waals surface area contributed by atoms with Crippen molar-refractivity contribution in [2.75, 3.05) is 19.8 Å². The van der Waals surface area contributed by atoms with Crippen LogP contribution in [0.4, 0.5) is 0 Å². The van der Waals surface area contributed by atoms with Gasteiger partial charge in [0, 0.05) is 6.54 Å². The molecule has 1 amide bonds. The Bertz CT molecular complexity index is 215. The van der Waals surface area contributed by atoms with Crippen molar-refractivity contribution in [2.45, 2.75) is 39.2 Å². The number of hydrogen-bond donors (Lipinski definition) is 4. The van der Waals surface area contributed by atoms with E-state index >= 15 is 0 Å². The summed E-state index contributed by atoms with van der Waals surface area (Å²) in [7, 11) is 0. The highest BCUT2D eigenvalue weighted by atomic mass is 16.3. The molecule has 0 saturated heterocycles. The van der Waals surface area contributed by atoms with Crippen molar-refractivity contribution >= 4 is 5.91 Å². The Hall–Kier alpha value is -0.650. The van der Waals surface area contributed by atoms with Crippen LogP contribution in [0.5, 0.6) is 0 Å². The van der Waals surface area contributed by atoms with Gasteiger partial charge in [-0.25, -0.2) is 0 Å². The minimum absolute atomic E-state index is 0.203. The Morgan fingerprint density at radius 3 is 1.94 bits per heavy atom. The third-order valence-electron chi connectivity index (χ3n) is 3.34. The fourth-order valence-corrected chi connectivity index (χ4v) is 1.49. The second-order valence-corrected chi connectivity index (χ2v) is 4.52. The van der Waals surface area contributed by atoms with Gasteiger partial charge in [-0.3, -0.25) is 4.79 Å². The molecule has 0 radical (unpaired) electrons. The molecule has 5 N–H and O–H groups in total. The van der Waals surface area contributed by atoms with Gasteiger partial charge in [0.1, 0.15) is 0 Å². The predicted octanol–water partition coefficient (Wildman–Crippen LogP) is -0.389. The van der Waals surface area contributed by atoms with Crippen LogP contribution in [0.2, 0.25) is 0 Å². The molecule has 0 unspecified atom stereocenters. The number of rotatable bonds is 7. The lowest BCUT2D eigenvalue weighted by atomic mass is 9.80. The van der Waals surface area contributed by atoms with Gasteiger partial charge in [0.2, 0.25) is 5.91 Å². The summed E-state index contributed by atoms with van der Waals surface area (Å²) in [6, 6.07) is 0. The predicted molar refractivity (Wildman–Crippen MR) is 62.8 cm³/mol. The molecular formula is C11H24N2O3. The van der Waals surface area contributed by atoms with E-state index in [4.69, 9.17) is 15.9 Å². The first-order chi connectivity index (χ1) is 7.43. The molecule has 0 rings (SSSR count). The van der Waals surface area contributed by atoms with Gasteiger partial charge in [-0.2, -0.15) is 0 Å². The van der Waals surface area contributed by atoms with Crippen molar-refractivity contribution < 1.29 is 15.0 Å². The van der Waals surface area contributed by atoms with E-state index in [-0.39, 0.29) is 25.7 Å². The van der Waals surface area contributed by atoms with Gasteiger partial charge in [-0.1, -0.05) is 13.8 Å². The first-order valence-electron chi connectivity index (χ1n) is 5.68. The van der Waals surface area contributed by atoms with E-state index in [0.717, 1.165) is 0 Å². The Labute approximate surface area is 97.0 Å². The smallest absolute Gasteiger partial charge is 0.228 e. The monoisotopic (exact) mass is 232 g/mol. The van der Waals surface area contributed by atoms with Crippen LogP contribution in [0.15, 0.2) is 0 Å². The average molecular weight is 232 g/mol. The number of amides is 1. The molecule has 0 bridgehead atoms. The summed E-state index contributed by atoms with van der Waals surface area (Å²) in [6.07, 6.45) is 1.28. The van der Waals surface area contributed by atoms with Gasteiger partial charge in [0.05, 0.1) is 24.2 Å². The Balaban J connectivity index is 4.78. The number of aliphatic hydroxyl groups excluding tert-OH is 2. The van der Waals surface area contributed by atoms with Gasteiger partial charge in [-0.15, -0.1) is 0 Å². The van der Waals surface area contributed by atoms with E-state index in [9.17, 15) is 4.79 Å². The normalized spacial score (nSPS) is 12.6. The third-order valence-corrected chi connectivity index (χ3v) is 3.34. The van der Waals surface area contributed by atoms with Gasteiger partial charge in [0.25, 0.3) is 0 Å². The number of aliphatic hydroxyl groups is 2. The van der Waals surface area contributed by atoms with Crippen LogP contribution < -0.4 is 11.1 Å². The molecular weight excluding hydrogens is 208 g/mol. The third kappa shape index (κ3) is 3.17. The maximum Gasteiger partial charge on any atom is 0.228 e. The molecule has 0 spiro atoms. The summed E-state index contributed by atoms with van der Waals surface area (Å²) in [6.45, 7) is 5.07. The van der Waals surface area contributed by atoms with E-state index in [1.165, 1.54) is 0 Å². The highest BCUT2D eigenvalue weighted by molar-refractivity contribution is 5.83. The number of nitrogens with two attached hydrogens (primary N) is 1. The molecule has 0 atom stereocenters. The fourth-order valence-electron chi connectivity index (χ4n) is 1.49. The zero-order valence-electron chi connectivity index (χ0n) is 10.4. The van der Waals surface area contributed by atoms with Crippen LogP contribution in [0.1, 0.15) is 33.6 Å². The van der Waals surface area contributed by atoms with Crippen molar-refractivity contribution in [3.8, 4) is 0 Å². The fraction of sp³-hybridized carbons (Fsp3) is 0.909. The van der Waals surface area contributed by atoms with Crippen LogP contribution in [0, 0.1) is 5.41 Å². The highest BCUT2D eigenvalue weighted by Gasteiger charge is 2.37. The second-order valence-electron chi connectivity index (χ2n) is 4.52. The van der Waals surface area contributed by atoms with Crippen LogP contribution >= 0.6 is 0 Å². The van der Waals surface area contributed by atoms with E-state index in [1.807, 2.05) is 13.8 Å². The summed E-state index contributed by atoms with van der Waals surface area (Å²) >= 11 is 0. The summed E-state index contributed by atoms with van der Waals surface area (Å²) in [5, 5.41) is 20.9. The average Bonchev–Trinajstić information content (AvgIpc) is 2.32. The second kappa shape index (κ2) is 6.18. The quantitative estimate of drug-likeness (QED) is 0.481. The van der Waals surface area contributed by atoms with Gasteiger partial charge in [-0.05, 0) is 19.8 Å². The maximum absolute atomic E-state index is 12.1. The standard InChI is InChI=1S/C11H24N2O3/c1-4-11(5-2,6-12)9(16)13-10(3,7-14)8-15/h14-15H,4-8,12H2,1-3H3,(H,13,16). The molecule has 5 nitrogen and oxygen atoms in total. The Morgan fingerprint density at radius 1 is 1.25 bits per heavy atom. The number of carbonyl (C=O) groups is 1. The van der Waals surface area contributed by atoms with Gasteiger partial charge in [0.15, 0.2) is 0 Å². The molecule has 5 heteroatoms. The molecule has 0 saturated carbocycles. The first-order valence-corrected chi connectivity index (χ1v) is 5.68. The summed E-state index contributed by atoms with van der Waals surface area (Å²) < 4.78 is 0. The molecule has 0 fully saturated rings. The van der Waals surface area contributed by atoms with E-state index in [0.29, 0.717) is 12.8 Å². The Kier molecular flexibility index (Phi) is 5.92. The van der Waals surface area contributed by atoms with E-state index < -0.39 is 11.0 Å². The van der Waals surface area contributed by atoms with Crippen molar-refractivity contribution in [1.29, 1.82) is 0 Å². The minimum atomic E-state index is -0.984. The van der Waals surface area contributed by atoms with E-state index in [1.54, 1.807) is 6.92 Å². The van der Waals surface area contributed by atoms with Crippen molar-refractivity contribution in [1.82, 2.24) is 5.32 Å². The van der Waals surface area contributed by atoms with Gasteiger partial charge >= 0.3 is 0 Å². The Morgan fingerprint density at radius 2 is 1.69 bits per heavy atom. The SMILES string of the molecule is CCC(CC)(CN)C(=O)NC(C)(CO)CO. The minimum Gasteiger partial charge on any atom is -0.394 e. The lowest BCUT2D eigenvalue weighted by molar-refractivity contribution is -0.134. The molecule has 0 aliphatic heterocycles. The van der Waals surface area contributed by atoms with Crippen molar-refractivity contribution in [3.63, 3.8) is 0 Å². The summed E-state index contributed by atoms with van der Waals surface area (Å²) in [4.78, 5) is 12.1. The lowest BCUT2D eigenvalue weighted by Crippen LogP contribution is -2.57. The van der Waals surface area contributed by atoms with Crippen LogP contribution in [-0.2, 0) is 4.79 Å². The zero-order chi connectivity index (χ0) is 12.8. The number of hydrogen-bond acceptors (Lipinski definition) is 4. The molecule has 0 aliphatic carbocycles. The number of nitrogens with one attached hydrogen (secondary N) is 1. The van der Waals surface area contributed by atoms with Crippen LogP contribution in [0.25, 0.3) is 0 Å². The first kappa shape index (κ1) is 15.3. The maximum atomic E-state index is 12.1. The van der Waals surface area contributed by atoms with Crippen molar-refractivity contribution in [2.24, 2.45) is 11.1 Å². The number of carbonyl (C=O) groups excluding carboxylic acids is 1. The highest BCUT2D eigenvalue weighted by Crippen LogP contribution is 2.25. The topological polar surface area (TPSA) is 95.6 Å². The lowest BCUT2D eigenvalue weighted by Gasteiger charge is -2.34. The largest absolute Gasteiger partial charge is 0.394 e. The molecule has 0 aromatic carbocycles. The molecule has 0 aromatic heterocycles. The van der Waals surface area contributed by atoms with E-state index in [2.05, 4.69) is 5.32 Å². The summed E-state index contributed by atoms with van der Waals surface area (Å²) in [5.41, 5.74) is 4.06. The molecule has 0 heterocycles. The van der Waals surface area contributed by atoms with Crippen LogP contribution in [0.3, 0.4) is 0 Å². The van der Waals surface area contributed by atoms with Crippen LogP contribution in [-0.4, -0.2) is 41.4 Å². The zero-order valence-corrected chi connectivity index (χ0v) is 10.4. The molecule has 0 aliphatic rings. The molecule has 96 valence electrons. The van der Waals surface area contributed by atoms with Gasteiger partial charge < -0.3 is 21.3 Å². The molecule has 16 heavy (non-hydrogen) atoms.